The van der Waals surface area contributed by atoms with E-state index in [9.17, 15) is 4.79 Å². The number of likely N-dealkylation sites (N-methyl/N-ethyl adjacent to an activating group) is 1. The second-order valence-corrected chi connectivity index (χ2v) is 7.20. The van der Waals surface area contributed by atoms with Crippen molar-refractivity contribution in [2.45, 2.75) is 32.4 Å². The predicted molar refractivity (Wildman–Crippen MR) is 99.5 cm³/mol. The van der Waals surface area contributed by atoms with E-state index in [-0.39, 0.29) is 18.6 Å². The van der Waals surface area contributed by atoms with Gasteiger partial charge in [-0.05, 0) is 18.9 Å². The summed E-state index contributed by atoms with van der Waals surface area (Å²) in [5.41, 5.74) is 1.15. The van der Waals surface area contributed by atoms with Gasteiger partial charge in [0.15, 0.2) is 11.5 Å². The quantitative estimate of drug-likeness (QED) is 0.776. The first-order chi connectivity index (χ1) is 12.6. The van der Waals surface area contributed by atoms with Crippen molar-refractivity contribution < 1.29 is 19.0 Å². The third-order valence-corrected chi connectivity index (χ3v) is 5.23. The fourth-order valence-electron chi connectivity index (χ4n) is 3.82. The Morgan fingerprint density at radius 3 is 2.92 bits per heavy atom. The number of ether oxygens (including phenoxy) is 3. The molecule has 0 unspecified atom stereocenters. The van der Waals surface area contributed by atoms with Crippen molar-refractivity contribution in [3.8, 4) is 11.5 Å². The topological polar surface area (TPSA) is 51.2 Å². The van der Waals surface area contributed by atoms with E-state index in [0.29, 0.717) is 12.5 Å². The molecule has 1 aromatic rings. The molecule has 2 heterocycles. The summed E-state index contributed by atoms with van der Waals surface area (Å²) in [7, 11) is 3.55. The molecule has 6 heteroatoms. The van der Waals surface area contributed by atoms with Crippen LogP contribution in [0.15, 0.2) is 18.2 Å². The van der Waals surface area contributed by atoms with Gasteiger partial charge in [0.25, 0.3) is 0 Å². The maximum atomic E-state index is 11.9. The number of carbonyl (C=O) groups excluding carboxylic acids is 1. The minimum atomic E-state index is 0.0778. The van der Waals surface area contributed by atoms with Gasteiger partial charge in [-0.1, -0.05) is 19.1 Å². The Hall–Kier alpha value is -1.79. The van der Waals surface area contributed by atoms with Gasteiger partial charge in [-0.15, -0.1) is 0 Å². The van der Waals surface area contributed by atoms with Crippen molar-refractivity contribution in [3.05, 3.63) is 23.8 Å². The highest BCUT2D eigenvalue weighted by Gasteiger charge is 2.34. The van der Waals surface area contributed by atoms with Gasteiger partial charge < -0.3 is 19.1 Å². The van der Waals surface area contributed by atoms with Gasteiger partial charge in [0, 0.05) is 44.7 Å². The first-order valence-electron chi connectivity index (χ1n) is 9.49. The summed E-state index contributed by atoms with van der Waals surface area (Å²) in [6.45, 7) is 6.45. The number of likely N-dealkylation sites (tertiary alicyclic amines) is 1. The lowest BCUT2D eigenvalue weighted by atomic mass is 9.93. The fourth-order valence-corrected chi connectivity index (χ4v) is 3.82. The van der Waals surface area contributed by atoms with E-state index in [1.54, 1.807) is 12.0 Å². The Morgan fingerprint density at radius 1 is 1.31 bits per heavy atom. The highest BCUT2D eigenvalue weighted by molar-refractivity contribution is 5.77. The molecule has 2 atom stereocenters. The molecule has 0 saturated carbocycles. The van der Waals surface area contributed by atoms with Crippen LogP contribution >= 0.6 is 0 Å². The summed E-state index contributed by atoms with van der Waals surface area (Å²) in [4.78, 5) is 16.1. The van der Waals surface area contributed by atoms with Crippen LogP contribution in [-0.2, 0) is 16.1 Å². The van der Waals surface area contributed by atoms with Crippen molar-refractivity contribution in [1.82, 2.24) is 9.80 Å². The molecule has 2 saturated heterocycles. The lowest BCUT2D eigenvalue weighted by Crippen LogP contribution is -2.46. The zero-order chi connectivity index (χ0) is 18.5. The molecule has 1 aromatic carbocycles. The molecule has 0 spiro atoms. The summed E-state index contributed by atoms with van der Waals surface area (Å²) in [6, 6.07) is 6.07. The van der Waals surface area contributed by atoms with Crippen LogP contribution < -0.4 is 9.47 Å². The maximum absolute atomic E-state index is 11.9. The SMILES string of the molecule is CCCOc1c(CN2CC[C@@H]3OCC(=O)N(C)C[C@H]3C2)cccc1OC. The van der Waals surface area contributed by atoms with Crippen molar-refractivity contribution >= 4 is 5.91 Å². The van der Waals surface area contributed by atoms with Crippen LogP contribution in [0.3, 0.4) is 0 Å². The van der Waals surface area contributed by atoms with Gasteiger partial charge in [0.1, 0.15) is 6.61 Å². The van der Waals surface area contributed by atoms with Gasteiger partial charge in [0.05, 0.1) is 19.8 Å². The van der Waals surface area contributed by atoms with Gasteiger partial charge in [-0.2, -0.15) is 0 Å². The molecule has 3 rings (SSSR count). The Morgan fingerprint density at radius 2 is 2.15 bits per heavy atom. The molecule has 0 bridgehead atoms. The van der Waals surface area contributed by atoms with E-state index in [1.165, 1.54) is 0 Å². The number of hydrogen-bond donors (Lipinski definition) is 0. The van der Waals surface area contributed by atoms with E-state index < -0.39 is 0 Å². The summed E-state index contributed by atoms with van der Waals surface area (Å²) in [5, 5.41) is 0. The number of rotatable bonds is 6. The van der Waals surface area contributed by atoms with E-state index in [4.69, 9.17) is 14.2 Å². The Kier molecular flexibility index (Phi) is 6.38. The molecule has 2 fully saturated rings. The predicted octanol–water partition coefficient (Wildman–Crippen LogP) is 2.16. The van der Waals surface area contributed by atoms with E-state index >= 15 is 0 Å². The molecule has 0 N–H and O–H groups in total. The Bertz CT molecular complexity index is 622. The van der Waals surface area contributed by atoms with Gasteiger partial charge in [0.2, 0.25) is 5.91 Å². The largest absolute Gasteiger partial charge is 0.493 e. The summed E-state index contributed by atoms with van der Waals surface area (Å²) < 4.78 is 17.3. The molecule has 0 radical (unpaired) electrons. The summed E-state index contributed by atoms with van der Waals surface area (Å²) in [6.07, 6.45) is 2.10. The minimum Gasteiger partial charge on any atom is -0.493 e. The smallest absolute Gasteiger partial charge is 0.248 e. The fraction of sp³-hybridized carbons (Fsp3) is 0.650. The molecule has 0 aromatic heterocycles. The second-order valence-electron chi connectivity index (χ2n) is 7.20. The number of methoxy groups -OCH3 is 1. The van der Waals surface area contributed by atoms with Crippen LogP contribution in [0.1, 0.15) is 25.3 Å². The number of nitrogens with zero attached hydrogens (tertiary/aromatic N) is 2. The average molecular weight is 362 g/mol. The lowest BCUT2D eigenvalue weighted by molar-refractivity contribution is -0.133. The number of benzene rings is 1. The zero-order valence-electron chi connectivity index (χ0n) is 16.1. The molecular weight excluding hydrogens is 332 g/mol. The maximum Gasteiger partial charge on any atom is 0.248 e. The highest BCUT2D eigenvalue weighted by atomic mass is 16.5. The molecule has 26 heavy (non-hydrogen) atoms. The van der Waals surface area contributed by atoms with Crippen molar-refractivity contribution in [3.63, 3.8) is 0 Å². The average Bonchev–Trinajstić information content (AvgIpc) is 2.79. The summed E-state index contributed by atoms with van der Waals surface area (Å²) >= 11 is 0. The lowest BCUT2D eigenvalue weighted by Gasteiger charge is -2.38. The minimum absolute atomic E-state index is 0.0778. The molecule has 2 aliphatic rings. The summed E-state index contributed by atoms with van der Waals surface area (Å²) in [5.74, 6) is 2.07. The van der Waals surface area contributed by atoms with Crippen LogP contribution in [0, 0.1) is 5.92 Å². The first-order valence-corrected chi connectivity index (χ1v) is 9.49. The van der Waals surface area contributed by atoms with Crippen LogP contribution in [0.5, 0.6) is 11.5 Å². The van der Waals surface area contributed by atoms with Crippen LogP contribution in [0.4, 0.5) is 0 Å². The van der Waals surface area contributed by atoms with E-state index in [2.05, 4.69) is 17.9 Å². The zero-order valence-corrected chi connectivity index (χ0v) is 16.1. The third kappa shape index (κ3) is 4.30. The second kappa shape index (κ2) is 8.73. The molecule has 2 aliphatic heterocycles. The molecule has 6 nitrogen and oxygen atoms in total. The standard InChI is InChI=1S/C20H30N2O4/c1-4-10-25-20-15(6-5-7-18(20)24-3)12-22-9-8-17-16(13-22)11-21(2)19(23)14-26-17/h5-7,16-17H,4,8-14H2,1-3H3/t16-,17-/m0/s1. The van der Waals surface area contributed by atoms with E-state index in [0.717, 1.165) is 56.1 Å². The van der Waals surface area contributed by atoms with Gasteiger partial charge >= 0.3 is 0 Å². The normalized spacial score (nSPS) is 24.1. The van der Waals surface area contributed by atoms with Crippen LogP contribution in [0.2, 0.25) is 0 Å². The van der Waals surface area contributed by atoms with Crippen molar-refractivity contribution in [1.29, 1.82) is 0 Å². The van der Waals surface area contributed by atoms with Gasteiger partial charge in [-0.3, -0.25) is 9.69 Å². The van der Waals surface area contributed by atoms with Crippen molar-refractivity contribution in [2.75, 3.05) is 47.0 Å². The molecular formula is C20H30N2O4. The van der Waals surface area contributed by atoms with Crippen LogP contribution in [0.25, 0.3) is 0 Å². The Labute approximate surface area is 156 Å². The number of para-hydroxylation sites is 1. The Balaban J connectivity index is 1.70. The molecule has 1 amide bonds. The van der Waals surface area contributed by atoms with Crippen molar-refractivity contribution in [2.24, 2.45) is 5.92 Å². The number of fused-ring (bicyclic) bond motifs is 1. The number of hydrogen-bond acceptors (Lipinski definition) is 5. The molecule has 144 valence electrons. The van der Waals surface area contributed by atoms with E-state index in [1.807, 2.05) is 19.2 Å². The molecule has 0 aliphatic carbocycles. The number of amides is 1. The third-order valence-electron chi connectivity index (χ3n) is 5.23. The number of carbonyl (C=O) groups is 1. The number of piperidine rings is 1. The van der Waals surface area contributed by atoms with Crippen LogP contribution in [-0.4, -0.2) is 68.8 Å². The monoisotopic (exact) mass is 362 g/mol. The van der Waals surface area contributed by atoms with Gasteiger partial charge in [-0.25, -0.2) is 0 Å². The first kappa shape index (κ1) is 19.0. The highest BCUT2D eigenvalue weighted by Crippen LogP contribution is 2.33.